The van der Waals surface area contributed by atoms with Crippen LogP contribution in [0.2, 0.25) is 0 Å². The van der Waals surface area contributed by atoms with Crippen LogP contribution in [0.25, 0.3) is 0 Å². The summed E-state index contributed by atoms with van der Waals surface area (Å²) in [6.45, 7) is 6.25. The maximum atomic E-state index is 12.7. The first-order chi connectivity index (χ1) is 27.5. The van der Waals surface area contributed by atoms with Gasteiger partial charge in [0.2, 0.25) is 0 Å². The smallest absolute Gasteiger partial charge is 0.306 e. The summed E-state index contributed by atoms with van der Waals surface area (Å²) in [5.74, 6) is -1.04. The van der Waals surface area contributed by atoms with E-state index in [4.69, 9.17) is 14.2 Å². The Hall–Kier alpha value is -3.67. The van der Waals surface area contributed by atoms with Gasteiger partial charge >= 0.3 is 17.9 Å². The molecule has 0 spiro atoms. The molecule has 0 aromatic rings. The van der Waals surface area contributed by atoms with Crippen LogP contribution in [0.15, 0.2) is 97.2 Å². The zero-order valence-corrected chi connectivity index (χ0v) is 35.9. The van der Waals surface area contributed by atoms with Crippen LogP contribution in [0.5, 0.6) is 0 Å². The molecule has 56 heavy (non-hydrogen) atoms. The van der Waals surface area contributed by atoms with Gasteiger partial charge in [0.05, 0.1) is 0 Å². The lowest BCUT2D eigenvalue weighted by Crippen LogP contribution is -2.30. The van der Waals surface area contributed by atoms with E-state index < -0.39 is 6.10 Å². The van der Waals surface area contributed by atoms with Crippen LogP contribution in [-0.2, 0) is 28.6 Å². The van der Waals surface area contributed by atoms with E-state index >= 15 is 0 Å². The van der Waals surface area contributed by atoms with Crippen LogP contribution in [-0.4, -0.2) is 37.2 Å². The number of carbonyl (C=O) groups excluding carboxylic acids is 3. The van der Waals surface area contributed by atoms with Gasteiger partial charge in [-0.15, -0.1) is 0 Å². The topological polar surface area (TPSA) is 78.9 Å². The second-order valence-electron chi connectivity index (χ2n) is 14.2. The first-order valence-corrected chi connectivity index (χ1v) is 22.2. The molecule has 316 valence electrons. The lowest BCUT2D eigenvalue weighted by molar-refractivity contribution is -0.167. The fourth-order valence-corrected chi connectivity index (χ4v) is 5.52. The Morgan fingerprint density at radius 2 is 0.714 bits per heavy atom. The summed E-state index contributed by atoms with van der Waals surface area (Å²) in [5, 5.41) is 0. The predicted molar refractivity (Wildman–Crippen MR) is 237 cm³/mol. The minimum atomic E-state index is -0.816. The highest BCUT2D eigenvalue weighted by molar-refractivity contribution is 5.71. The van der Waals surface area contributed by atoms with E-state index in [1.54, 1.807) is 0 Å². The van der Waals surface area contributed by atoms with E-state index in [2.05, 4.69) is 118 Å². The van der Waals surface area contributed by atoms with Crippen molar-refractivity contribution in [2.75, 3.05) is 13.2 Å². The van der Waals surface area contributed by atoms with Crippen LogP contribution < -0.4 is 0 Å². The number of esters is 3. The minimum absolute atomic E-state index is 0.118. The number of rotatable bonds is 38. The van der Waals surface area contributed by atoms with Crippen molar-refractivity contribution >= 4 is 17.9 Å². The van der Waals surface area contributed by atoms with Gasteiger partial charge in [-0.2, -0.15) is 0 Å². The van der Waals surface area contributed by atoms with Crippen molar-refractivity contribution < 1.29 is 28.6 Å². The van der Waals surface area contributed by atoms with Gasteiger partial charge in [-0.25, -0.2) is 0 Å². The number of unbranched alkanes of at least 4 members (excludes halogenated alkanes) is 11. The van der Waals surface area contributed by atoms with Crippen LogP contribution in [0, 0.1) is 0 Å². The fraction of sp³-hybridized carbons (Fsp3) is 0.620. The maximum Gasteiger partial charge on any atom is 0.306 e. The normalized spacial score (nSPS) is 13.0. The third kappa shape index (κ3) is 41.5. The second-order valence-corrected chi connectivity index (χ2v) is 14.2. The molecule has 0 saturated carbocycles. The monoisotopic (exact) mass is 777 g/mol. The molecule has 0 aliphatic heterocycles. The third-order valence-corrected chi connectivity index (χ3v) is 8.80. The maximum absolute atomic E-state index is 12.7. The minimum Gasteiger partial charge on any atom is -0.462 e. The molecule has 0 aliphatic rings. The van der Waals surface area contributed by atoms with Gasteiger partial charge in [0.1, 0.15) is 13.2 Å². The molecule has 6 heteroatoms. The number of hydrogen-bond acceptors (Lipinski definition) is 6. The standard InChI is InChI=1S/C50H80O6/c1-4-7-10-13-16-19-21-23-24-25-26-27-29-31-34-37-40-43-49(52)55-46-47(45-54-48(51)42-39-36-33-30-18-15-12-9-6-3)56-50(53)44-41-38-35-32-28-22-20-17-14-11-8-5-2/h7-8,10-11,16-17,19-20,23-24,26-27,30-31,33-34,47H,4-6,9,12-15,18,21-22,25,28-29,32,35-46H2,1-3H3/b10-7-,11-8-,19-16-,20-17-,24-23-,27-26-,33-30-,34-31-. The Bertz CT molecular complexity index is 1170. The van der Waals surface area contributed by atoms with Crippen molar-refractivity contribution in [1.82, 2.24) is 0 Å². The third-order valence-electron chi connectivity index (χ3n) is 8.80. The number of allylic oxidation sites excluding steroid dienone is 16. The van der Waals surface area contributed by atoms with E-state index in [1.165, 1.54) is 25.7 Å². The van der Waals surface area contributed by atoms with Gasteiger partial charge in [-0.1, -0.05) is 157 Å². The Morgan fingerprint density at radius 3 is 1.16 bits per heavy atom. The summed E-state index contributed by atoms with van der Waals surface area (Å²) >= 11 is 0. The summed E-state index contributed by atoms with van der Waals surface area (Å²) in [6, 6.07) is 0. The van der Waals surface area contributed by atoms with E-state index in [1.807, 2.05) is 0 Å². The molecule has 0 radical (unpaired) electrons. The van der Waals surface area contributed by atoms with Gasteiger partial charge in [-0.05, 0) is 103 Å². The van der Waals surface area contributed by atoms with Crippen molar-refractivity contribution in [3.63, 3.8) is 0 Å². The summed E-state index contributed by atoms with van der Waals surface area (Å²) in [4.78, 5) is 37.6. The average Bonchev–Trinajstić information content (AvgIpc) is 3.19. The summed E-state index contributed by atoms with van der Waals surface area (Å²) in [5.41, 5.74) is 0. The Labute approximate surface area is 343 Å². The van der Waals surface area contributed by atoms with Crippen molar-refractivity contribution in [2.24, 2.45) is 0 Å². The van der Waals surface area contributed by atoms with Gasteiger partial charge in [0.25, 0.3) is 0 Å². The summed E-state index contributed by atoms with van der Waals surface area (Å²) < 4.78 is 16.6. The highest BCUT2D eigenvalue weighted by atomic mass is 16.6. The first kappa shape index (κ1) is 52.3. The molecule has 0 N–H and O–H groups in total. The zero-order valence-electron chi connectivity index (χ0n) is 35.9. The predicted octanol–water partition coefficient (Wildman–Crippen LogP) is 14.2. The van der Waals surface area contributed by atoms with Crippen molar-refractivity contribution in [1.29, 1.82) is 0 Å². The van der Waals surface area contributed by atoms with Crippen molar-refractivity contribution in [3.05, 3.63) is 97.2 Å². The SMILES string of the molecule is CC/C=C\C/C=C\C/C=C\C/C=C\C/C=C\CCCC(=O)OCC(COC(=O)CCC/C=C\CCCCCC)OC(=O)CCCCCCC/C=C\C/C=C\CC. The molecule has 0 fully saturated rings. The molecular weight excluding hydrogens is 697 g/mol. The van der Waals surface area contributed by atoms with Crippen LogP contribution in [0.3, 0.4) is 0 Å². The fourth-order valence-electron chi connectivity index (χ4n) is 5.52. The zero-order chi connectivity index (χ0) is 40.8. The number of hydrogen-bond donors (Lipinski definition) is 0. The highest BCUT2D eigenvalue weighted by Gasteiger charge is 2.19. The van der Waals surface area contributed by atoms with Crippen LogP contribution >= 0.6 is 0 Å². The quantitative estimate of drug-likeness (QED) is 0.0269. The van der Waals surface area contributed by atoms with E-state index in [0.717, 1.165) is 103 Å². The Balaban J connectivity index is 4.51. The summed E-state index contributed by atoms with van der Waals surface area (Å²) in [7, 11) is 0. The van der Waals surface area contributed by atoms with E-state index in [0.29, 0.717) is 25.7 Å². The van der Waals surface area contributed by atoms with Gasteiger partial charge in [0.15, 0.2) is 6.10 Å². The van der Waals surface area contributed by atoms with Crippen molar-refractivity contribution in [2.45, 2.75) is 187 Å². The van der Waals surface area contributed by atoms with E-state index in [9.17, 15) is 14.4 Å². The average molecular weight is 777 g/mol. The molecule has 0 aliphatic carbocycles. The molecule has 0 amide bonds. The van der Waals surface area contributed by atoms with Gasteiger partial charge in [0, 0.05) is 19.3 Å². The van der Waals surface area contributed by atoms with Crippen LogP contribution in [0.1, 0.15) is 181 Å². The number of carbonyl (C=O) groups is 3. The van der Waals surface area contributed by atoms with Gasteiger partial charge in [-0.3, -0.25) is 14.4 Å². The molecular formula is C50H80O6. The second kappa shape index (κ2) is 44.0. The lowest BCUT2D eigenvalue weighted by atomic mass is 10.1. The summed E-state index contributed by atoms with van der Waals surface area (Å²) in [6.07, 6.45) is 56.9. The molecule has 6 nitrogen and oxygen atoms in total. The van der Waals surface area contributed by atoms with E-state index in [-0.39, 0.29) is 37.5 Å². The molecule has 0 aromatic heterocycles. The first-order valence-electron chi connectivity index (χ1n) is 22.2. The van der Waals surface area contributed by atoms with Gasteiger partial charge < -0.3 is 14.2 Å². The van der Waals surface area contributed by atoms with Crippen molar-refractivity contribution in [3.8, 4) is 0 Å². The largest absolute Gasteiger partial charge is 0.462 e. The molecule has 1 atom stereocenters. The lowest BCUT2D eigenvalue weighted by Gasteiger charge is -2.18. The van der Waals surface area contributed by atoms with Crippen LogP contribution in [0.4, 0.5) is 0 Å². The molecule has 0 bridgehead atoms. The molecule has 1 unspecified atom stereocenters. The highest BCUT2D eigenvalue weighted by Crippen LogP contribution is 2.11. The molecule has 0 saturated heterocycles. The Morgan fingerprint density at radius 1 is 0.375 bits per heavy atom. The number of ether oxygens (including phenoxy) is 3. The molecule has 0 aromatic carbocycles. The molecule has 0 heterocycles. The Kier molecular flexibility index (Phi) is 41.2. The molecule has 0 rings (SSSR count).